The first-order chi connectivity index (χ1) is 9.81. The van der Waals surface area contributed by atoms with Crippen LogP contribution in [0.2, 0.25) is 0 Å². The zero-order chi connectivity index (χ0) is 14.9. The first-order valence-corrected chi connectivity index (χ1v) is 9.24. The van der Waals surface area contributed by atoms with Crippen molar-refractivity contribution in [3.8, 4) is 0 Å². The van der Waals surface area contributed by atoms with Crippen molar-refractivity contribution >= 4 is 0 Å². The average Bonchev–Trinajstić information content (AvgIpc) is 2.47. The van der Waals surface area contributed by atoms with Crippen molar-refractivity contribution in [1.29, 1.82) is 0 Å². The Morgan fingerprint density at radius 3 is 1.50 bits per heavy atom. The van der Waals surface area contributed by atoms with Gasteiger partial charge in [-0.25, -0.2) is 0 Å². The van der Waals surface area contributed by atoms with Crippen LogP contribution in [-0.2, 0) is 0 Å². The fourth-order valence-electron chi connectivity index (χ4n) is 2.57. The van der Waals surface area contributed by atoms with E-state index in [0.29, 0.717) is 6.04 Å². The Labute approximate surface area is 128 Å². The van der Waals surface area contributed by atoms with Crippen LogP contribution < -0.4 is 11.1 Å². The van der Waals surface area contributed by atoms with Gasteiger partial charge in [-0.2, -0.15) is 0 Å². The molecule has 0 saturated heterocycles. The van der Waals surface area contributed by atoms with Gasteiger partial charge in [0.15, 0.2) is 0 Å². The molecule has 0 spiro atoms. The smallest absolute Gasteiger partial charge is 0.0161 e. The second-order valence-electron chi connectivity index (χ2n) is 6.33. The summed E-state index contributed by atoms with van der Waals surface area (Å²) in [5.74, 6) is 0. The minimum atomic E-state index is 0.479. The van der Waals surface area contributed by atoms with Gasteiger partial charge in [-0.15, -0.1) is 0 Å². The lowest BCUT2D eigenvalue weighted by Crippen LogP contribution is -2.33. The van der Waals surface area contributed by atoms with Crippen LogP contribution in [0.15, 0.2) is 0 Å². The van der Waals surface area contributed by atoms with Crippen LogP contribution >= 0.6 is 0 Å². The Hall–Kier alpha value is -0.0800. The van der Waals surface area contributed by atoms with Crippen molar-refractivity contribution < 1.29 is 0 Å². The van der Waals surface area contributed by atoms with E-state index in [1.807, 2.05) is 0 Å². The van der Waals surface area contributed by atoms with Gasteiger partial charge < -0.3 is 11.1 Å². The largest absolute Gasteiger partial charge is 0.329 e. The number of hydrogen-bond donors (Lipinski definition) is 2. The molecule has 0 saturated carbocycles. The topological polar surface area (TPSA) is 38.0 Å². The van der Waals surface area contributed by atoms with Crippen LogP contribution in [0.4, 0.5) is 0 Å². The molecule has 0 rings (SSSR count). The van der Waals surface area contributed by atoms with Crippen molar-refractivity contribution in [3.63, 3.8) is 0 Å². The average molecular weight is 285 g/mol. The molecule has 0 amide bonds. The molecular weight excluding hydrogens is 244 g/mol. The van der Waals surface area contributed by atoms with Crippen molar-refractivity contribution in [2.24, 2.45) is 5.73 Å². The van der Waals surface area contributed by atoms with Crippen LogP contribution in [0, 0.1) is 0 Å². The van der Waals surface area contributed by atoms with Gasteiger partial charge in [0, 0.05) is 12.6 Å². The van der Waals surface area contributed by atoms with E-state index < -0.39 is 0 Å². The summed E-state index contributed by atoms with van der Waals surface area (Å²) in [6.45, 7) is 6.33. The van der Waals surface area contributed by atoms with Gasteiger partial charge in [0.2, 0.25) is 0 Å². The zero-order valence-corrected chi connectivity index (χ0v) is 14.3. The third-order valence-electron chi connectivity index (χ3n) is 4.13. The van der Waals surface area contributed by atoms with Gasteiger partial charge >= 0.3 is 0 Å². The zero-order valence-electron chi connectivity index (χ0n) is 14.3. The van der Waals surface area contributed by atoms with Crippen LogP contribution in [0.1, 0.15) is 97.3 Å². The third kappa shape index (κ3) is 16.0. The summed E-state index contributed by atoms with van der Waals surface area (Å²) < 4.78 is 0. The summed E-state index contributed by atoms with van der Waals surface area (Å²) in [5.41, 5.74) is 5.56. The molecule has 0 aliphatic rings. The fraction of sp³-hybridized carbons (Fsp3) is 1.00. The lowest BCUT2D eigenvalue weighted by atomic mass is 10.0. The van der Waals surface area contributed by atoms with E-state index in [1.165, 1.54) is 83.5 Å². The highest BCUT2D eigenvalue weighted by Crippen LogP contribution is 2.12. The van der Waals surface area contributed by atoms with Crippen LogP contribution in [-0.4, -0.2) is 19.1 Å². The first-order valence-electron chi connectivity index (χ1n) is 9.24. The SMILES string of the molecule is CCCCCCCCCCCCCCCNC(C)CN. The summed E-state index contributed by atoms with van der Waals surface area (Å²) in [6.07, 6.45) is 18.5. The quantitative estimate of drug-likeness (QED) is 0.391. The van der Waals surface area contributed by atoms with E-state index >= 15 is 0 Å². The molecule has 1 atom stereocenters. The molecule has 0 bridgehead atoms. The van der Waals surface area contributed by atoms with Crippen LogP contribution in [0.3, 0.4) is 0 Å². The summed E-state index contributed by atoms with van der Waals surface area (Å²) in [5, 5.41) is 3.45. The highest BCUT2D eigenvalue weighted by atomic mass is 14.9. The van der Waals surface area contributed by atoms with Crippen molar-refractivity contribution in [1.82, 2.24) is 5.32 Å². The van der Waals surface area contributed by atoms with Gasteiger partial charge in [0.25, 0.3) is 0 Å². The molecule has 0 aromatic carbocycles. The number of rotatable bonds is 16. The van der Waals surface area contributed by atoms with Crippen LogP contribution in [0.5, 0.6) is 0 Å². The molecule has 2 nitrogen and oxygen atoms in total. The minimum absolute atomic E-state index is 0.479. The van der Waals surface area contributed by atoms with E-state index in [2.05, 4.69) is 19.2 Å². The minimum Gasteiger partial charge on any atom is -0.329 e. The predicted molar refractivity (Wildman–Crippen MR) is 92.2 cm³/mol. The molecule has 2 heteroatoms. The maximum absolute atomic E-state index is 5.56. The number of hydrogen-bond acceptors (Lipinski definition) is 2. The van der Waals surface area contributed by atoms with Gasteiger partial charge in [-0.3, -0.25) is 0 Å². The van der Waals surface area contributed by atoms with E-state index in [9.17, 15) is 0 Å². The van der Waals surface area contributed by atoms with E-state index in [0.717, 1.165) is 13.1 Å². The monoisotopic (exact) mass is 284 g/mol. The van der Waals surface area contributed by atoms with E-state index in [1.54, 1.807) is 0 Å². The second kappa shape index (κ2) is 17.0. The molecule has 0 aromatic heterocycles. The van der Waals surface area contributed by atoms with Crippen molar-refractivity contribution in [2.75, 3.05) is 13.1 Å². The van der Waals surface area contributed by atoms with Gasteiger partial charge in [0.05, 0.1) is 0 Å². The highest BCUT2D eigenvalue weighted by molar-refractivity contribution is 4.60. The molecule has 3 N–H and O–H groups in total. The van der Waals surface area contributed by atoms with Gasteiger partial charge in [-0.1, -0.05) is 84.0 Å². The lowest BCUT2D eigenvalue weighted by molar-refractivity contribution is 0.509. The Kier molecular flexibility index (Phi) is 16.9. The Morgan fingerprint density at radius 2 is 1.10 bits per heavy atom. The van der Waals surface area contributed by atoms with E-state index in [4.69, 9.17) is 5.73 Å². The molecular formula is C18H40N2. The summed E-state index contributed by atoms with van der Waals surface area (Å²) >= 11 is 0. The summed E-state index contributed by atoms with van der Waals surface area (Å²) in [7, 11) is 0. The predicted octanol–water partition coefficient (Wildman–Crippen LogP) is 5.01. The van der Waals surface area contributed by atoms with Crippen LogP contribution in [0.25, 0.3) is 0 Å². The summed E-state index contributed by atoms with van der Waals surface area (Å²) in [4.78, 5) is 0. The summed E-state index contributed by atoms with van der Waals surface area (Å²) in [6, 6.07) is 0.479. The van der Waals surface area contributed by atoms with Gasteiger partial charge in [-0.05, 0) is 19.9 Å². The highest BCUT2D eigenvalue weighted by Gasteiger charge is 1.96. The van der Waals surface area contributed by atoms with Crippen molar-refractivity contribution in [3.05, 3.63) is 0 Å². The third-order valence-corrected chi connectivity index (χ3v) is 4.13. The molecule has 20 heavy (non-hydrogen) atoms. The maximum atomic E-state index is 5.56. The Balaban J connectivity index is 2.96. The van der Waals surface area contributed by atoms with E-state index in [-0.39, 0.29) is 0 Å². The molecule has 0 heterocycles. The first kappa shape index (κ1) is 19.9. The fourth-order valence-corrected chi connectivity index (χ4v) is 2.57. The molecule has 122 valence electrons. The molecule has 0 aromatic rings. The molecule has 0 aliphatic heterocycles. The maximum Gasteiger partial charge on any atom is 0.0161 e. The van der Waals surface area contributed by atoms with Gasteiger partial charge in [0.1, 0.15) is 0 Å². The molecule has 0 fully saturated rings. The lowest BCUT2D eigenvalue weighted by Gasteiger charge is -2.10. The number of nitrogens with one attached hydrogen (secondary N) is 1. The Morgan fingerprint density at radius 1 is 0.700 bits per heavy atom. The molecule has 1 unspecified atom stereocenters. The molecule has 0 aliphatic carbocycles. The number of unbranched alkanes of at least 4 members (excludes halogenated alkanes) is 12. The number of nitrogens with two attached hydrogens (primary N) is 1. The van der Waals surface area contributed by atoms with Crippen molar-refractivity contribution in [2.45, 2.75) is 103 Å². The standard InChI is InChI=1S/C18H40N2/c1-3-4-5-6-7-8-9-10-11-12-13-14-15-16-20-18(2)17-19/h18,20H,3-17,19H2,1-2H3. The normalized spacial score (nSPS) is 12.8. The second-order valence-corrected chi connectivity index (χ2v) is 6.33. The Bertz CT molecular complexity index is 171. The molecule has 0 radical (unpaired) electrons.